The molecule has 170 valence electrons. The Morgan fingerprint density at radius 1 is 1.10 bits per heavy atom. The number of dihydropyridines is 1. The largest absolute Gasteiger partial charge is 0.385 e. The number of hydrogen-bond donors (Lipinski definition) is 2. The Hall–Kier alpha value is -2.74. The van der Waals surface area contributed by atoms with Crippen LogP contribution in [-0.2, 0) is 6.54 Å². The third kappa shape index (κ3) is 6.62. The Bertz CT molecular complexity index is 895. The van der Waals surface area contributed by atoms with Crippen molar-refractivity contribution in [2.24, 2.45) is 0 Å². The van der Waals surface area contributed by atoms with E-state index < -0.39 is 6.43 Å². The summed E-state index contributed by atoms with van der Waals surface area (Å²) in [6.45, 7) is 8.78. The number of fused-ring (bicyclic) bond motifs is 1. The zero-order chi connectivity index (χ0) is 22.8. The number of halogens is 2. The zero-order valence-corrected chi connectivity index (χ0v) is 19.1. The molecule has 1 aliphatic rings. The van der Waals surface area contributed by atoms with Crippen LogP contribution in [0, 0.1) is 0 Å². The van der Waals surface area contributed by atoms with E-state index in [1.807, 2.05) is 58.0 Å². The van der Waals surface area contributed by atoms with Gasteiger partial charge in [-0.1, -0.05) is 19.9 Å². The third-order valence-corrected chi connectivity index (χ3v) is 4.89. The van der Waals surface area contributed by atoms with E-state index in [-0.39, 0.29) is 12.1 Å². The summed E-state index contributed by atoms with van der Waals surface area (Å²) in [4.78, 5) is 12.7. The van der Waals surface area contributed by atoms with E-state index in [0.29, 0.717) is 31.0 Å². The Morgan fingerprint density at radius 2 is 1.81 bits per heavy atom. The van der Waals surface area contributed by atoms with Crippen LogP contribution in [0.4, 0.5) is 8.78 Å². The number of nitrogens with one attached hydrogen (secondary N) is 2. The van der Waals surface area contributed by atoms with Gasteiger partial charge >= 0.3 is 0 Å². The van der Waals surface area contributed by atoms with Gasteiger partial charge in [0, 0.05) is 56.9 Å². The van der Waals surface area contributed by atoms with Crippen LogP contribution in [0.1, 0.15) is 26.3 Å². The van der Waals surface area contributed by atoms with Crippen molar-refractivity contribution in [3.05, 3.63) is 59.3 Å². The van der Waals surface area contributed by atoms with Crippen LogP contribution in [0.3, 0.4) is 0 Å². The standard InChI is InChI=1S/C21H28F2N6.C2H6/c1-4-29(10-9-28(2)3)20-16(21(22)23)13-24-14-19(20)27-12-15-5-6-17-18(11-15)26-8-7-25-17;1-2/h5-8,11,14,21,24,27H,4,9-10,12-13H2,1-3H3;1-2H3. The molecular weight excluding hydrogens is 398 g/mol. The highest BCUT2D eigenvalue weighted by Gasteiger charge is 2.26. The summed E-state index contributed by atoms with van der Waals surface area (Å²) in [5.41, 5.74) is 4.07. The van der Waals surface area contributed by atoms with Gasteiger partial charge < -0.3 is 20.4 Å². The van der Waals surface area contributed by atoms with Gasteiger partial charge in [-0.3, -0.25) is 9.97 Å². The maximum atomic E-state index is 13.8. The monoisotopic (exact) mass is 432 g/mol. The molecule has 1 aromatic carbocycles. The molecule has 2 N–H and O–H groups in total. The number of rotatable bonds is 9. The van der Waals surface area contributed by atoms with Gasteiger partial charge in [-0.05, 0) is 38.7 Å². The summed E-state index contributed by atoms with van der Waals surface area (Å²) in [5, 5.41) is 6.33. The average molecular weight is 433 g/mol. The van der Waals surface area contributed by atoms with E-state index in [9.17, 15) is 8.78 Å². The molecule has 0 amide bonds. The van der Waals surface area contributed by atoms with Crippen molar-refractivity contribution < 1.29 is 8.78 Å². The van der Waals surface area contributed by atoms with Gasteiger partial charge in [-0.2, -0.15) is 0 Å². The van der Waals surface area contributed by atoms with Crippen molar-refractivity contribution in [3.63, 3.8) is 0 Å². The number of alkyl halides is 2. The van der Waals surface area contributed by atoms with E-state index >= 15 is 0 Å². The van der Waals surface area contributed by atoms with Crippen LogP contribution < -0.4 is 10.6 Å². The van der Waals surface area contributed by atoms with Crippen LogP contribution >= 0.6 is 0 Å². The molecule has 0 atom stereocenters. The van der Waals surface area contributed by atoms with Gasteiger partial charge in [-0.25, -0.2) is 8.78 Å². The lowest BCUT2D eigenvalue weighted by atomic mass is 10.1. The highest BCUT2D eigenvalue weighted by atomic mass is 19.3. The second-order valence-corrected chi connectivity index (χ2v) is 7.23. The predicted octanol–water partition coefficient (Wildman–Crippen LogP) is 3.59. The maximum Gasteiger partial charge on any atom is 0.263 e. The zero-order valence-electron chi connectivity index (χ0n) is 19.1. The Labute approximate surface area is 184 Å². The molecule has 0 bridgehead atoms. The van der Waals surface area contributed by atoms with Crippen molar-refractivity contribution in [3.8, 4) is 0 Å². The Morgan fingerprint density at radius 3 is 2.45 bits per heavy atom. The fourth-order valence-corrected chi connectivity index (χ4v) is 3.34. The minimum Gasteiger partial charge on any atom is -0.385 e. The molecule has 0 aliphatic carbocycles. The molecule has 0 fully saturated rings. The molecule has 8 heteroatoms. The second-order valence-electron chi connectivity index (χ2n) is 7.23. The Balaban J connectivity index is 0.00000166. The summed E-state index contributed by atoms with van der Waals surface area (Å²) in [7, 11) is 3.96. The van der Waals surface area contributed by atoms with Crippen LogP contribution in [0.5, 0.6) is 0 Å². The fraction of sp³-hybridized carbons (Fsp3) is 0.478. The minimum atomic E-state index is -2.51. The first-order chi connectivity index (χ1) is 15.0. The maximum absolute atomic E-state index is 13.8. The van der Waals surface area contributed by atoms with Crippen molar-refractivity contribution in [1.82, 2.24) is 30.4 Å². The first kappa shape index (κ1) is 24.5. The molecule has 1 aliphatic heterocycles. The smallest absolute Gasteiger partial charge is 0.263 e. The van der Waals surface area contributed by atoms with Crippen molar-refractivity contribution in [1.29, 1.82) is 0 Å². The topological polar surface area (TPSA) is 56.3 Å². The van der Waals surface area contributed by atoms with Crippen LogP contribution in [0.15, 0.2) is 53.8 Å². The molecule has 2 heterocycles. The third-order valence-electron chi connectivity index (χ3n) is 4.89. The molecular formula is C23H34F2N6. The molecule has 0 radical (unpaired) electrons. The molecule has 0 unspecified atom stereocenters. The van der Waals surface area contributed by atoms with Crippen molar-refractivity contribution in [2.45, 2.75) is 33.7 Å². The summed E-state index contributed by atoms with van der Waals surface area (Å²) in [6, 6.07) is 5.86. The molecule has 0 saturated heterocycles. The molecule has 2 aromatic rings. The SMILES string of the molecule is CC.CCN(CCN(C)C)C1=C(C(F)F)CNC=C1NCc1ccc2nccnc2c1. The number of nitrogens with zero attached hydrogens (tertiary/aromatic N) is 4. The average Bonchev–Trinajstić information content (AvgIpc) is 2.79. The van der Waals surface area contributed by atoms with Gasteiger partial charge in [0.1, 0.15) is 0 Å². The first-order valence-corrected chi connectivity index (χ1v) is 10.8. The van der Waals surface area contributed by atoms with E-state index in [2.05, 4.69) is 25.5 Å². The van der Waals surface area contributed by atoms with E-state index in [1.165, 1.54) is 0 Å². The summed E-state index contributed by atoms with van der Waals surface area (Å²) < 4.78 is 27.5. The van der Waals surface area contributed by atoms with Gasteiger partial charge in [0.05, 0.1) is 22.4 Å². The van der Waals surface area contributed by atoms with Gasteiger partial charge in [0.2, 0.25) is 0 Å². The lowest BCUT2D eigenvalue weighted by molar-refractivity contribution is 0.178. The Kier molecular flexibility index (Phi) is 9.65. The van der Waals surface area contributed by atoms with Crippen LogP contribution in [0.2, 0.25) is 0 Å². The van der Waals surface area contributed by atoms with E-state index in [4.69, 9.17) is 0 Å². The molecule has 1 aromatic heterocycles. The predicted molar refractivity (Wildman–Crippen MR) is 123 cm³/mol. The normalized spacial score (nSPS) is 13.6. The number of hydrogen-bond acceptors (Lipinski definition) is 6. The summed E-state index contributed by atoms with van der Waals surface area (Å²) in [6.07, 6.45) is 2.61. The number of aromatic nitrogens is 2. The molecule has 0 spiro atoms. The lowest BCUT2D eigenvalue weighted by Gasteiger charge is -2.34. The van der Waals surface area contributed by atoms with Gasteiger partial charge in [0.15, 0.2) is 0 Å². The second kappa shape index (κ2) is 12.2. The minimum absolute atomic E-state index is 0.125. The molecule has 0 saturated carbocycles. The van der Waals surface area contributed by atoms with Crippen molar-refractivity contribution >= 4 is 11.0 Å². The van der Waals surface area contributed by atoms with Crippen LogP contribution in [-0.4, -0.2) is 66.5 Å². The van der Waals surface area contributed by atoms with Crippen molar-refractivity contribution in [2.75, 3.05) is 40.3 Å². The molecule has 3 rings (SSSR count). The first-order valence-electron chi connectivity index (χ1n) is 10.8. The van der Waals surface area contributed by atoms with Gasteiger partial charge in [-0.15, -0.1) is 0 Å². The van der Waals surface area contributed by atoms with E-state index in [1.54, 1.807) is 18.6 Å². The number of benzene rings is 1. The molecule has 6 nitrogen and oxygen atoms in total. The fourth-order valence-electron chi connectivity index (χ4n) is 3.34. The lowest BCUT2D eigenvalue weighted by Crippen LogP contribution is -2.39. The molecule has 31 heavy (non-hydrogen) atoms. The number of likely N-dealkylation sites (N-methyl/N-ethyl adjacent to an activating group) is 2. The summed E-state index contributed by atoms with van der Waals surface area (Å²) >= 11 is 0. The van der Waals surface area contributed by atoms with Gasteiger partial charge in [0.25, 0.3) is 6.43 Å². The quantitative estimate of drug-likeness (QED) is 0.632. The summed E-state index contributed by atoms with van der Waals surface area (Å²) in [5.74, 6) is 0. The van der Waals surface area contributed by atoms with Crippen LogP contribution in [0.25, 0.3) is 11.0 Å². The highest BCUT2D eigenvalue weighted by Crippen LogP contribution is 2.25. The van der Waals surface area contributed by atoms with E-state index in [0.717, 1.165) is 23.1 Å². The highest BCUT2D eigenvalue weighted by molar-refractivity contribution is 5.74.